The Labute approximate surface area is 165 Å². The van der Waals surface area contributed by atoms with E-state index in [2.05, 4.69) is 64.4 Å². The maximum absolute atomic E-state index is 4.85. The molecule has 2 fully saturated rings. The first-order chi connectivity index (χ1) is 13.3. The molecule has 1 atom stereocenters. The SMILES string of the molecule is c1ccc(CN2CC[C@H](C3CCN(c4nc5ccccc5s4)CC3)C2)cc1. The van der Waals surface area contributed by atoms with Gasteiger partial charge in [-0.05, 0) is 55.3 Å². The van der Waals surface area contributed by atoms with Crippen molar-refractivity contribution in [3.05, 3.63) is 60.2 Å². The van der Waals surface area contributed by atoms with Crippen LogP contribution in [0.1, 0.15) is 24.8 Å². The minimum atomic E-state index is 0.881. The fourth-order valence-corrected chi connectivity index (χ4v) is 5.81. The largest absolute Gasteiger partial charge is 0.348 e. The van der Waals surface area contributed by atoms with Crippen LogP contribution < -0.4 is 4.90 Å². The summed E-state index contributed by atoms with van der Waals surface area (Å²) in [5, 5.41) is 1.21. The van der Waals surface area contributed by atoms with E-state index in [1.54, 1.807) is 0 Å². The van der Waals surface area contributed by atoms with E-state index in [1.165, 1.54) is 60.8 Å². The number of rotatable bonds is 4. The number of thiazole rings is 1. The van der Waals surface area contributed by atoms with Crippen molar-refractivity contribution in [1.82, 2.24) is 9.88 Å². The first-order valence-corrected chi connectivity index (χ1v) is 11.0. The number of likely N-dealkylation sites (tertiary alicyclic amines) is 1. The molecule has 0 spiro atoms. The van der Waals surface area contributed by atoms with Gasteiger partial charge in [0.2, 0.25) is 0 Å². The van der Waals surface area contributed by atoms with Crippen LogP contribution in [0.25, 0.3) is 10.2 Å². The summed E-state index contributed by atoms with van der Waals surface area (Å²) in [5.41, 5.74) is 2.59. The Balaban J connectivity index is 1.16. The summed E-state index contributed by atoms with van der Waals surface area (Å²) < 4.78 is 1.31. The van der Waals surface area contributed by atoms with E-state index in [9.17, 15) is 0 Å². The number of para-hydroxylation sites is 1. The van der Waals surface area contributed by atoms with E-state index < -0.39 is 0 Å². The monoisotopic (exact) mass is 377 g/mol. The summed E-state index contributed by atoms with van der Waals surface area (Å²) in [7, 11) is 0. The third-order valence-electron chi connectivity index (χ3n) is 6.32. The van der Waals surface area contributed by atoms with Crippen molar-refractivity contribution in [2.75, 3.05) is 31.1 Å². The van der Waals surface area contributed by atoms with E-state index in [0.717, 1.165) is 23.9 Å². The number of aromatic nitrogens is 1. The molecule has 3 nitrogen and oxygen atoms in total. The number of nitrogens with zero attached hydrogens (tertiary/aromatic N) is 3. The van der Waals surface area contributed by atoms with Gasteiger partial charge < -0.3 is 4.90 Å². The van der Waals surface area contributed by atoms with Crippen molar-refractivity contribution in [3.63, 3.8) is 0 Å². The summed E-state index contributed by atoms with van der Waals surface area (Å²) in [6.45, 7) is 5.99. The van der Waals surface area contributed by atoms with Crippen molar-refractivity contribution in [2.24, 2.45) is 11.8 Å². The molecule has 2 aliphatic heterocycles. The molecule has 1 aromatic heterocycles. The Kier molecular flexibility index (Phi) is 4.85. The highest BCUT2D eigenvalue weighted by atomic mass is 32.1. The average molecular weight is 378 g/mol. The average Bonchev–Trinajstić information content (AvgIpc) is 3.36. The zero-order valence-corrected chi connectivity index (χ0v) is 16.6. The highest BCUT2D eigenvalue weighted by Crippen LogP contribution is 2.36. The molecule has 0 N–H and O–H groups in total. The number of benzene rings is 2. The van der Waals surface area contributed by atoms with Crippen LogP contribution in [0, 0.1) is 11.8 Å². The van der Waals surface area contributed by atoms with Gasteiger partial charge in [-0.1, -0.05) is 53.8 Å². The van der Waals surface area contributed by atoms with Gasteiger partial charge in [-0.3, -0.25) is 4.90 Å². The molecule has 0 bridgehead atoms. The fraction of sp³-hybridized carbons (Fsp3) is 0.435. The Morgan fingerprint density at radius 3 is 2.41 bits per heavy atom. The molecule has 2 saturated heterocycles. The van der Waals surface area contributed by atoms with Crippen LogP contribution in [0.4, 0.5) is 5.13 Å². The van der Waals surface area contributed by atoms with Crippen LogP contribution in [0.3, 0.4) is 0 Å². The summed E-state index contributed by atoms with van der Waals surface area (Å²) >= 11 is 1.85. The second-order valence-corrected chi connectivity index (χ2v) is 9.07. The summed E-state index contributed by atoms with van der Waals surface area (Å²) in [6.07, 6.45) is 4.01. The lowest BCUT2D eigenvalue weighted by Crippen LogP contribution is -2.36. The van der Waals surface area contributed by atoms with Gasteiger partial charge in [0.05, 0.1) is 10.2 Å². The first kappa shape index (κ1) is 17.2. The van der Waals surface area contributed by atoms with Crippen LogP contribution in [0.2, 0.25) is 0 Å². The second-order valence-electron chi connectivity index (χ2n) is 8.06. The normalized spacial score (nSPS) is 21.9. The molecule has 0 saturated carbocycles. The highest BCUT2D eigenvalue weighted by Gasteiger charge is 2.32. The molecule has 3 heterocycles. The van der Waals surface area contributed by atoms with Crippen molar-refractivity contribution < 1.29 is 0 Å². The van der Waals surface area contributed by atoms with Crippen LogP contribution in [0.5, 0.6) is 0 Å². The van der Waals surface area contributed by atoms with Gasteiger partial charge in [-0.2, -0.15) is 0 Å². The zero-order valence-electron chi connectivity index (χ0n) is 15.8. The summed E-state index contributed by atoms with van der Waals surface area (Å²) in [6, 6.07) is 19.4. The third kappa shape index (κ3) is 3.74. The van der Waals surface area contributed by atoms with E-state index >= 15 is 0 Å². The molecule has 5 rings (SSSR count). The van der Waals surface area contributed by atoms with E-state index in [0.29, 0.717) is 0 Å². The summed E-state index contributed by atoms with van der Waals surface area (Å²) in [4.78, 5) is 10.0. The Hall–Kier alpha value is -1.91. The molecule has 140 valence electrons. The van der Waals surface area contributed by atoms with Gasteiger partial charge in [-0.15, -0.1) is 0 Å². The Morgan fingerprint density at radius 2 is 1.59 bits per heavy atom. The predicted octanol–water partition coefficient (Wildman–Crippen LogP) is 5.03. The van der Waals surface area contributed by atoms with Gasteiger partial charge in [0.25, 0.3) is 0 Å². The maximum atomic E-state index is 4.85. The van der Waals surface area contributed by atoms with Crippen molar-refractivity contribution in [2.45, 2.75) is 25.8 Å². The molecule has 27 heavy (non-hydrogen) atoms. The molecule has 0 unspecified atom stereocenters. The smallest absolute Gasteiger partial charge is 0.186 e. The molecular weight excluding hydrogens is 350 g/mol. The lowest BCUT2D eigenvalue weighted by molar-refractivity contribution is 0.252. The molecule has 0 radical (unpaired) electrons. The second kappa shape index (κ2) is 7.61. The van der Waals surface area contributed by atoms with Gasteiger partial charge in [-0.25, -0.2) is 4.98 Å². The Morgan fingerprint density at radius 1 is 0.852 bits per heavy atom. The number of hydrogen-bond donors (Lipinski definition) is 0. The Bertz CT molecular complexity index is 850. The van der Waals surface area contributed by atoms with Gasteiger partial charge in [0, 0.05) is 26.2 Å². The number of anilines is 1. The van der Waals surface area contributed by atoms with Crippen LogP contribution in [0.15, 0.2) is 54.6 Å². The minimum absolute atomic E-state index is 0.881. The fourth-order valence-electron chi connectivity index (χ4n) is 4.79. The number of fused-ring (bicyclic) bond motifs is 1. The first-order valence-electron chi connectivity index (χ1n) is 10.2. The molecule has 3 aromatic rings. The molecule has 4 heteroatoms. The molecule has 2 aromatic carbocycles. The topological polar surface area (TPSA) is 19.4 Å². The van der Waals surface area contributed by atoms with Gasteiger partial charge in [0.1, 0.15) is 0 Å². The van der Waals surface area contributed by atoms with Crippen molar-refractivity contribution in [1.29, 1.82) is 0 Å². The minimum Gasteiger partial charge on any atom is -0.348 e. The van der Waals surface area contributed by atoms with Gasteiger partial charge >= 0.3 is 0 Å². The molecule has 0 aliphatic carbocycles. The van der Waals surface area contributed by atoms with Crippen LogP contribution >= 0.6 is 11.3 Å². The van der Waals surface area contributed by atoms with Gasteiger partial charge in [0.15, 0.2) is 5.13 Å². The molecular formula is C23H27N3S. The lowest BCUT2D eigenvalue weighted by atomic mass is 9.84. The van der Waals surface area contributed by atoms with Crippen molar-refractivity contribution in [3.8, 4) is 0 Å². The standard InChI is InChI=1S/C23H27N3S/c1-2-6-18(7-3-1)16-25-13-10-20(17-25)19-11-14-26(15-12-19)23-24-21-8-4-5-9-22(21)27-23/h1-9,19-20H,10-17H2/t20-/m0/s1. The number of piperidine rings is 1. The lowest BCUT2D eigenvalue weighted by Gasteiger charge is -2.34. The van der Waals surface area contributed by atoms with Crippen LogP contribution in [-0.4, -0.2) is 36.1 Å². The molecule has 0 amide bonds. The van der Waals surface area contributed by atoms with E-state index in [4.69, 9.17) is 4.98 Å². The maximum Gasteiger partial charge on any atom is 0.186 e. The predicted molar refractivity (Wildman–Crippen MR) is 114 cm³/mol. The number of hydrogen-bond acceptors (Lipinski definition) is 4. The highest BCUT2D eigenvalue weighted by molar-refractivity contribution is 7.22. The quantitative estimate of drug-likeness (QED) is 0.635. The van der Waals surface area contributed by atoms with E-state index in [-0.39, 0.29) is 0 Å². The van der Waals surface area contributed by atoms with Crippen molar-refractivity contribution >= 4 is 26.7 Å². The third-order valence-corrected chi connectivity index (χ3v) is 7.41. The molecule has 2 aliphatic rings. The van der Waals surface area contributed by atoms with Crippen LogP contribution in [-0.2, 0) is 6.54 Å². The zero-order chi connectivity index (χ0) is 18.1. The van der Waals surface area contributed by atoms with E-state index in [1.807, 2.05) is 11.3 Å². The summed E-state index contributed by atoms with van der Waals surface area (Å²) in [5.74, 6) is 1.77.